The number of rotatable bonds is 7. The van der Waals surface area contributed by atoms with E-state index in [0.29, 0.717) is 12.5 Å². The molecule has 0 saturated heterocycles. The van der Waals surface area contributed by atoms with E-state index in [-0.39, 0.29) is 6.10 Å². The third kappa shape index (κ3) is 9.92. The molecule has 0 radical (unpaired) electrons. The minimum absolute atomic E-state index is 0.314. The van der Waals surface area contributed by atoms with Crippen molar-refractivity contribution in [3.8, 4) is 0 Å². The molecule has 0 bridgehead atoms. The first kappa shape index (κ1) is 14.6. The van der Waals surface area contributed by atoms with Gasteiger partial charge in [-0.25, -0.2) is 0 Å². The predicted octanol–water partition coefficient (Wildman–Crippen LogP) is 3.29. The van der Waals surface area contributed by atoms with Crippen LogP contribution in [-0.2, 0) is 0 Å². The van der Waals surface area contributed by atoms with Crippen LogP contribution in [0.2, 0.25) is 0 Å². The summed E-state index contributed by atoms with van der Waals surface area (Å²) in [6.07, 6.45) is 3.04. The molecule has 0 amide bonds. The van der Waals surface area contributed by atoms with Crippen LogP contribution in [0.4, 0.5) is 0 Å². The molecular formula is C13H27NO. The van der Waals surface area contributed by atoms with Crippen molar-refractivity contribution in [2.75, 3.05) is 6.54 Å². The van der Waals surface area contributed by atoms with Gasteiger partial charge in [0, 0.05) is 5.71 Å². The maximum atomic E-state index is 9.21. The number of hydrogen-bond donors (Lipinski definition) is 1. The Morgan fingerprint density at radius 2 is 1.67 bits per heavy atom. The van der Waals surface area contributed by atoms with Crippen molar-refractivity contribution >= 4 is 5.71 Å². The molecule has 0 aromatic carbocycles. The molecule has 0 aromatic rings. The summed E-state index contributed by atoms with van der Waals surface area (Å²) in [6, 6.07) is 0. The third-order valence-electron chi connectivity index (χ3n) is 2.23. The van der Waals surface area contributed by atoms with Gasteiger partial charge in [0.05, 0.1) is 12.6 Å². The normalized spacial score (nSPS) is 15.1. The second-order valence-corrected chi connectivity index (χ2v) is 5.29. The highest BCUT2D eigenvalue weighted by molar-refractivity contribution is 5.84. The van der Waals surface area contributed by atoms with Gasteiger partial charge in [-0.1, -0.05) is 27.7 Å². The number of aliphatic hydroxyl groups excluding tert-OH is 1. The summed E-state index contributed by atoms with van der Waals surface area (Å²) in [4.78, 5) is 4.50. The van der Waals surface area contributed by atoms with Gasteiger partial charge in [-0.15, -0.1) is 0 Å². The summed E-state index contributed by atoms with van der Waals surface area (Å²) in [5, 5.41) is 9.21. The van der Waals surface area contributed by atoms with E-state index in [1.807, 2.05) is 0 Å². The van der Waals surface area contributed by atoms with E-state index >= 15 is 0 Å². The van der Waals surface area contributed by atoms with E-state index in [0.717, 1.165) is 18.8 Å². The molecule has 15 heavy (non-hydrogen) atoms. The van der Waals surface area contributed by atoms with Crippen LogP contribution in [0.15, 0.2) is 4.99 Å². The lowest BCUT2D eigenvalue weighted by Crippen LogP contribution is -2.10. The number of aliphatic imine (C=N–C) groups is 1. The summed E-state index contributed by atoms with van der Waals surface area (Å²) < 4.78 is 0. The fourth-order valence-electron chi connectivity index (χ4n) is 1.43. The largest absolute Gasteiger partial charge is 0.391 e. The van der Waals surface area contributed by atoms with Crippen LogP contribution >= 0.6 is 0 Å². The fourth-order valence-corrected chi connectivity index (χ4v) is 1.43. The van der Waals surface area contributed by atoms with E-state index in [1.54, 1.807) is 6.92 Å². The maximum absolute atomic E-state index is 9.21. The van der Waals surface area contributed by atoms with E-state index in [4.69, 9.17) is 0 Å². The Kier molecular flexibility index (Phi) is 7.67. The zero-order valence-electron chi connectivity index (χ0n) is 11.0. The van der Waals surface area contributed by atoms with Gasteiger partial charge in [0.1, 0.15) is 0 Å². The van der Waals surface area contributed by atoms with Crippen molar-refractivity contribution < 1.29 is 5.11 Å². The van der Waals surface area contributed by atoms with Crippen molar-refractivity contribution in [2.24, 2.45) is 16.8 Å². The first-order valence-electron chi connectivity index (χ1n) is 6.12. The van der Waals surface area contributed by atoms with Crippen molar-refractivity contribution in [2.45, 2.75) is 60.0 Å². The van der Waals surface area contributed by atoms with Crippen LogP contribution in [0.1, 0.15) is 53.9 Å². The van der Waals surface area contributed by atoms with Crippen LogP contribution < -0.4 is 0 Å². The molecule has 0 aliphatic heterocycles. The molecule has 0 spiro atoms. The summed E-state index contributed by atoms with van der Waals surface area (Å²) in [5.74, 6) is 1.39. The van der Waals surface area contributed by atoms with E-state index in [1.165, 1.54) is 12.1 Å². The highest BCUT2D eigenvalue weighted by Gasteiger charge is 2.05. The quantitative estimate of drug-likeness (QED) is 0.647. The lowest BCUT2D eigenvalue weighted by molar-refractivity contribution is 0.204. The smallest absolute Gasteiger partial charge is 0.0707 e. The molecule has 0 rings (SSSR count). The molecule has 0 aliphatic rings. The van der Waals surface area contributed by atoms with Gasteiger partial charge in [-0.3, -0.25) is 4.99 Å². The highest BCUT2D eigenvalue weighted by Crippen LogP contribution is 2.11. The molecule has 0 heterocycles. The Morgan fingerprint density at radius 1 is 1.07 bits per heavy atom. The van der Waals surface area contributed by atoms with E-state index < -0.39 is 0 Å². The summed E-state index contributed by atoms with van der Waals surface area (Å²) in [7, 11) is 0. The molecule has 1 atom stereocenters. The Morgan fingerprint density at radius 3 is 2.07 bits per heavy atom. The Bertz CT molecular complexity index is 183. The molecule has 0 aromatic heterocycles. The van der Waals surface area contributed by atoms with Gasteiger partial charge in [0.2, 0.25) is 0 Å². The number of aliphatic hydroxyl groups is 1. The average molecular weight is 213 g/mol. The second-order valence-electron chi connectivity index (χ2n) is 5.29. The van der Waals surface area contributed by atoms with Gasteiger partial charge >= 0.3 is 0 Å². The molecule has 1 N–H and O–H groups in total. The molecule has 0 unspecified atom stereocenters. The van der Waals surface area contributed by atoms with Gasteiger partial charge in [-0.05, 0) is 38.0 Å². The van der Waals surface area contributed by atoms with Gasteiger partial charge in [0.15, 0.2) is 0 Å². The van der Waals surface area contributed by atoms with Crippen molar-refractivity contribution in [3.63, 3.8) is 0 Å². The summed E-state index contributed by atoms with van der Waals surface area (Å²) >= 11 is 0. The monoisotopic (exact) mass is 213 g/mol. The molecule has 0 aliphatic carbocycles. The van der Waals surface area contributed by atoms with Gasteiger partial charge in [0.25, 0.3) is 0 Å². The first-order valence-corrected chi connectivity index (χ1v) is 6.12. The lowest BCUT2D eigenvalue weighted by atomic mass is 9.99. The van der Waals surface area contributed by atoms with Crippen LogP contribution in [0.5, 0.6) is 0 Å². The molecular weight excluding hydrogens is 186 g/mol. The van der Waals surface area contributed by atoms with Crippen LogP contribution in [0, 0.1) is 11.8 Å². The molecule has 2 heteroatoms. The Balaban J connectivity index is 4.11. The van der Waals surface area contributed by atoms with Gasteiger partial charge in [-0.2, -0.15) is 0 Å². The van der Waals surface area contributed by atoms with E-state index in [9.17, 15) is 5.11 Å². The van der Waals surface area contributed by atoms with Crippen molar-refractivity contribution in [3.05, 3.63) is 0 Å². The van der Waals surface area contributed by atoms with Gasteiger partial charge < -0.3 is 5.11 Å². The standard InChI is InChI=1S/C13H27NO/c1-10(2)6-7-13(8-11(3)4)14-9-12(5)15/h10-12,15H,6-9H2,1-5H3/t12-/m1/s1. The molecule has 0 saturated carbocycles. The van der Waals surface area contributed by atoms with E-state index in [2.05, 4.69) is 32.7 Å². The topological polar surface area (TPSA) is 32.6 Å². The minimum atomic E-state index is -0.314. The molecule has 90 valence electrons. The Labute approximate surface area is 94.8 Å². The Hall–Kier alpha value is -0.370. The third-order valence-corrected chi connectivity index (χ3v) is 2.23. The summed E-state index contributed by atoms with van der Waals surface area (Å²) in [6.45, 7) is 11.3. The molecule has 0 fully saturated rings. The summed E-state index contributed by atoms with van der Waals surface area (Å²) in [5.41, 5.74) is 1.28. The van der Waals surface area contributed by atoms with Crippen LogP contribution in [0.3, 0.4) is 0 Å². The van der Waals surface area contributed by atoms with Crippen molar-refractivity contribution in [1.82, 2.24) is 0 Å². The molecule has 2 nitrogen and oxygen atoms in total. The highest BCUT2D eigenvalue weighted by atomic mass is 16.3. The first-order chi connectivity index (χ1) is 6.91. The lowest BCUT2D eigenvalue weighted by Gasteiger charge is -2.11. The average Bonchev–Trinajstić information content (AvgIpc) is 2.08. The van der Waals surface area contributed by atoms with Crippen molar-refractivity contribution in [1.29, 1.82) is 0 Å². The predicted molar refractivity (Wildman–Crippen MR) is 67.5 cm³/mol. The van der Waals surface area contributed by atoms with Crippen LogP contribution in [0.25, 0.3) is 0 Å². The zero-order chi connectivity index (χ0) is 11.8. The SMILES string of the molecule is CC(C)CCC(CC(C)C)=NC[C@@H](C)O. The fraction of sp³-hybridized carbons (Fsp3) is 0.923. The van der Waals surface area contributed by atoms with Crippen LogP contribution in [-0.4, -0.2) is 23.5 Å². The number of nitrogens with zero attached hydrogens (tertiary/aromatic N) is 1. The number of hydrogen-bond acceptors (Lipinski definition) is 2. The maximum Gasteiger partial charge on any atom is 0.0707 e. The zero-order valence-corrected chi connectivity index (χ0v) is 11.0. The minimum Gasteiger partial charge on any atom is -0.391 e. The second kappa shape index (κ2) is 7.86.